The summed E-state index contributed by atoms with van der Waals surface area (Å²) in [7, 11) is -3.38. The van der Waals surface area contributed by atoms with Gasteiger partial charge in [0.2, 0.25) is 10.0 Å². The summed E-state index contributed by atoms with van der Waals surface area (Å²) < 4.78 is 31.2. The van der Waals surface area contributed by atoms with Gasteiger partial charge < -0.3 is 15.7 Å². The van der Waals surface area contributed by atoms with E-state index in [1.165, 1.54) is 0 Å². The minimum atomic E-state index is -3.38. The van der Waals surface area contributed by atoms with Crippen molar-refractivity contribution in [2.75, 3.05) is 19.0 Å². The molecule has 1 rings (SSSR count). The van der Waals surface area contributed by atoms with E-state index in [9.17, 15) is 8.42 Å². The lowest BCUT2D eigenvalue weighted by molar-refractivity contribution is 0.163. The van der Waals surface area contributed by atoms with Crippen LogP contribution >= 0.6 is 0 Å². The second-order valence-electron chi connectivity index (χ2n) is 4.30. The molecule has 4 N–H and O–H groups in total. The van der Waals surface area contributed by atoms with E-state index >= 15 is 0 Å². The first-order chi connectivity index (χ1) is 8.50. The summed E-state index contributed by atoms with van der Waals surface area (Å²) in [6.07, 6.45) is 2.29. The van der Waals surface area contributed by atoms with Gasteiger partial charge in [-0.2, -0.15) is 0 Å². The molecule has 0 aliphatic heterocycles. The lowest BCUT2D eigenvalue weighted by atomic mass is 10.0. The van der Waals surface area contributed by atoms with Crippen molar-refractivity contribution in [2.24, 2.45) is 16.8 Å². The molecule has 7 nitrogen and oxygen atoms in total. The highest BCUT2D eigenvalue weighted by atomic mass is 32.2. The molecule has 18 heavy (non-hydrogen) atoms. The van der Waals surface area contributed by atoms with E-state index in [-0.39, 0.29) is 30.2 Å². The average Bonchev–Trinajstić information content (AvgIpc) is 2.75. The third-order valence-electron chi connectivity index (χ3n) is 3.04. The second kappa shape index (κ2) is 6.91. The van der Waals surface area contributed by atoms with Crippen molar-refractivity contribution in [1.82, 2.24) is 4.72 Å². The van der Waals surface area contributed by atoms with Crippen LogP contribution in [0, 0.1) is 5.92 Å². The molecular weight excluding hydrogens is 258 g/mol. The fraction of sp³-hybridized carbons (Fsp3) is 0.900. The van der Waals surface area contributed by atoms with E-state index in [4.69, 9.17) is 15.7 Å². The van der Waals surface area contributed by atoms with E-state index in [0.29, 0.717) is 13.0 Å². The Hall–Kier alpha value is -0.860. The van der Waals surface area contributed by atoms with Gasteiger partial charge >= 0.3 is 0 Å². The minimum absolute atomic E-state index is 0.0692. The largest absolute Gasteiger partial charge is 0.409 e. The molecular formula is C10H21N3O4S. The first kappa shape index (κ1) is 15.2. The number of sulfonamides is 1. The predicted octanol–water partition coefficient (Wildman–Crippen LogP) is -0.143. The van der Waals surface area contributed by atoms with Crippen LogP contribution in [-0.4, -0.2) is 44.5 Å². The van der Waals surface area contributed by atoms with Crippen LogP contribution in [0.2, 0.25) is 0 Å². The van der Waals surface area contributed by atoms with Gasteiger partial charge in [0.1, 0.15) is 5.84 Å². The van der Waals surface area contributed by atoms with Crippen LogP contribution in [0.4, 0.5) is 0 Å². The van der Waals surface area contributed by atoms with Gasteiger partial charge in [-0.1, -0.05) is 11.6 Å². The predicted molar refractivity (Wildman–Crippen MR) is 68.0 cm³/mol. The third-order valence-corrected chi connectivity index (χ3v) is 4.41. The Balaban J connectivity index is 2.55. The highest BCUT2D eigenvalue weighted by molar-refractivity contribution is 7.89. The van der Waals surface area contributed by atoms with Gasteiger partial charge in [-0.3, -0.25) is 0 Å². The molecule has 2 atom stereocenters. The van der Waals surface area contributed by atoms with Crippen LogP contribution in [0.5, 0.6) is 0 Å². The zero-order valence-corrected chi connectivity index (χ0v) is 11.3. The number of ether oxygens (including phenoxy) is 1. The first-order valence-corrected chi connectivity index (χ1v) is 7.70. The molecule has 0 amide bonds. The van der Waals surface area contributed by atoms with Gasteiger partial charge in [0.05, 0.1) is 12.4 Å². The van der Waals surface area contributed by atoms with Crippen molar-refractivity contribution < 1.29 is 18.4 Å². The van der Waals surface area contributed by atoms with Crippen LogP contribution in [-0.2, 0) is 14.8 Å². The molecule has 0 saturated heterocycles. The molecule has 1 fully saturated rings. The Labute approximate surface area is 107 Å². The van der Waals surface area contributed by atoms with Gasteiger partial charge in [0, 0.05) is 18.6 Å². The van der Waals surface area contributed by atoms with Crippen molar-refractivity contribution in [3.63, 3.8) is 0 Å². The molecule has 1 aliphatic carbocycles. The van der Waals surface area contributed by atoms with Crippen LogP contribution in [0.1, 0.15) is 26.2 Å². The van der Waals surface area contributed by atoms with Gasteiger partial charge in [-0.15, -0.1) is 0 Å². The molecule has 0 aromatic rings. The van der Waals surface area contributed by atoms with Crippen LogP contribution in [0.25, 0.3) is 0 Å². The fourth-order valence-electron chi connectivity index (χ4n) is 2.13. The van der Waals surface area contributed by atoms with Crippen LogP contribution in [0.3, 0.4) is 0 Å². The van der Waals surface area contributed by atoms with Crippen molar-refractivity contribution >= 4 is 15.9 Å². The van der Waals surface area contributed by atoms with Crippen molar-refractivity contribution in [1.29, 1.82) is 0 Å². The van der Waals surface area contributed by atoms with E-state index in [0.717, 1.165) is 12.8 Å². The summed E-state index contributed by atoms with van der Waals surface area (Å²) in [5.41, 5.74) is 5.55. The Morgan fingerprint density at radius 2 is 2.28 bits per heavy atom. The number of rotatable bonds is 7. The summed E-state index contributed by atoms with van der Waals surface area (Å²) >= 11 is 0. The number of oxime groups is 1. The molecule has 106 valence electrons. The molecule has 0 spiro atoms. The first-order valence-electron chi connectivity index (χ1n) is 6.05. The number of amidine groups is 1. The molecule has 0 aromatic heterocycles. The molecule has 0 aromatic carbocycles. The monoisotopic (exact) mass is 279 g/mol. The standard InChI is InChI=1S/C10H21N3O4S/c1-2-17-6-7-18(15,16)13-9-5-3-4-8(9)10(11)12-14/h8-9,13-14H,2-7H2,1H3,(H2,11,12). The zero-order chi connectivity index (χ0) is 13.6. The molecule has 1 aliphatic rings. The maximum absolute atomic E-state index is 11.8. The van der Waals surface area contributed by atoms with Gasteiger partial charge in [-0.25, -0.2) is 13.1 Å². The molecule has 0 heterocycles. The summed E-state index contributed by atoms with van der Waals surface area (Å²) in [5.74, 6) is -0.206. The van der Waals surface area contributed by atoms with E-state index in [2.05, 4.69) is 9.88 Å². The summed E-state index contributed by atoms with van der Waals surface area (Å²) in [6.45, 7) is 2.48. The molecule has 0 bridgehead atoms. The minimum Gasteiger partial charge on any atom is -0.409 e. The Kier molecular flexibility index (Phi) is 5.83. The molecule has 1 saturated carbocycles. The normalized spacial score (nSPS) is 25.5. The SMILES string of the molecule is CCOCCS(=O)(=O)NC1CCCC1C(N)=NO. The van der Waals surface area contributed by atoms with E-state index < -0.39 is 10.0 Å². The summed E-state index contributed by atoms with van der Waals surface area (Å²) in [5, 5.41) is 11.6. The quantitative estimate of drug-likeness (QED) is 0.197. The van der Waals surface area contributed by atoms with Crippen molar-refractivity contribution in [3.8, 4) is 0 Å². The summed E-state index contributed by atoms with van der Waals surface area (Å²) in [6, 6.07) is -0.285. The maximum Gasteiger partial charge on any atom is 0.214 e. The zero-order valence-electron chi connectivity index (χ0n) is 10.5. The van der Waals surface area contributed by atoms with Crippen LogP contribution in [0.15, 0.2) is 5.16 Å². The third kappa shape index (κ3) is 4.43. The Bertz CT molecular complexity index is 383. The number of nitrogens with two attached hydrogens (primary N) is 1. The van der Waals surface area contributed by atoms with Gasteiger partial charge in [0.25, 0.3) is 0 Å². The van der Waals surface area contributed by atoms with Gasteiger partial charge in [0.15, 0.2) is 0 Å². The Morgan fingerprint density at radius 1 is 1.56 bits per heavy atom. The van der Waals surface area contributed by atoms with Gasteiger partial charge in [-0.05, 0) is 19.8 Å². The number of nitrogens with zero attached hydrogens (tertiary/aromatic N) is 1. The lowest BCUT2D eigenvalue weighted by Crippen LogP contribution is -2.43. The van der Waals surface area contributed by atoms with Crippen molar-refractivity contribution in [3.05, 3.63) is 0 Å². The molecule has 0 radical (unpaired) electrons. The fourth-order valence-corrected chi connectivity index (χ4v) is 3.33. The number of hydrogen-bond acceptors (Lipinski definition) is 5. The average molecular weight is 279 g/mol. The van der Waals surface area contributed by atoms with Crippen molar-refractivity contribution in [2.45, 2.75) is 32.2 Å². The van der Waals surface area contributed by atoms with E-state index in [1.807, 2.05) is 6.92 Å². The highest BCUT2D eigenvalue weighted by Gasteiger charge is 2.33. The number of hydrogen-bond donors (Lipinski definition) is 3. The topological polar surface area (TPSA) is 114 Å². The lowest BCUT2D eigenvalue weighted by Gasteiger charge is -2.19. The summed E-state index contributed by atoms with van der Waals surface area (Å²) in [4.78, 5) is 0. The van der Waals surface area contributed by atoms with Crippen LogP contribution < -0.4 is 10.5 Å². The van der Waals surface area contributed by atoms with E-state index in [1.54, 1.807) is 0 Å². The maximum atomic E-state index is 11.8. The molecule has 8 heteroatoms. The second-order valence-corrected chi connectivity index (χ2v) is 6.18. The highest BCUT2D eigenvalue weighted by Crippen LogP contribution is 2.26. The molecule has 2 unspecified atom stereocenters. The smallest absolute Gasteiger partial charge is 0.214 e. The Morgan fingerprint density at radius 3 is 2.89 bits per heavy atom. The number of nitrogens with one attached hydrogen (secondary N) is 1.